The van der Waals surface area contributed by atoms with Gasteiger partial charge in [0.25, 0.3) is 0 Å². The number of ether oxygens (including phenoxy) is 1. The Labute approximate surface area is 65.5 Å². The van der Waals surface area contributed by atoms with E-state index >= 15 is 0 Å². The molecule has 2 nitrogen and oxygen atoms in total. The molecule has 0 saturated carbocycles. The van der Waals surface area contributed by atoms with E-state index in [4.69, 9.17) is 4.74 Å². The molecule has 1 aliphatic heterocycles. The van der Waals surface area contributed by atoms with Gasteiger partial charge in [0.05, 0.1) is 5.92 Å². The summed E-state index contributed by atoms with van der Waals surface area (Å²) in [5, 5.41) is 0. The molecule has 1 aliphatic carbocycles. The van der Waals surface area contributed by atoms with E-state index in [1.165, 1.54) is 0 Å². The van der Waals surface area contributed by atoms with Gasteiger partial charge in [0.15, 0.2) is 0 Å². The molecule has 2 bridgehead atoms. The molecular weight excluding hydrogens is 140 g/mol. The molecule has 0 aromatic rings. The first-order valence-corrected chi connectivity index (χ1v) is 3.90. The van der Waals surface area contributed by atoms with Crippen LogP contribution in [0.1, 0.15) is 12.8 Å². The number of carbonyl (C=O) groups excluding carboxylic acids is 1. The molecule has 0 N–H and O–H groups in total. The lowest BCUT2D eigenvalue weighted by Gasteiger charge is -2.01. The van der Waals surface area contributed by atoms with Crippen molar-refractivity contribution in [2.75, 3.05) is 0 Å². The van der Waals surface area contributed by atoms with Gasteiger partial charge in [-0.1, -0.05) is 18.2 Å². The lowest BCUT2D eigenvalue weighted by Crippen LogP contribution is -2.03. The molecule has 1 saturated heterocycles. The number of carbonyl (C=O) groups is 1. The minimum absolute atomic E-state index is 0.0185. The highest BCUT2D eigenvalue weighted by atomic mass is 16.5. The van der Waals surface area contributed by atoms with Gasteiger partial charge in [-0.15, -0.1) is 0 Å². The number of hydrogen-bond donors (Lipinski definition) is 0. The average molecular weight is 150 g/mol. The average Bonchev–Trinajstić information content (AvgIpc) is 2.27. The second-order valence-electron chi connectivity index (χ2n) is 2.91. The van der Waals surface area contributed by atoms with Gasteiger partial charge in [0.1, 0.15) is 6.10 Å². The fraction of sp³-hybridized carbons (Fsp3) is 0.444. The van der Waals surface area contributed by atoms with Crippen molar-refractivity contribution >= 4 is 5.97 Å². The molecule has 0 spiro atoms. The Balaban J connectivity index is 2.23. The van der Waals surface area contributed by atoms with Crippen LogP contribution in [-0.2, 0) is 9.53 Å². The molecule has 11 heavy (non-hydrogen) atoms. The molecule has 0 aromatic carbocycles. The van der Waals surface area contributed by atoms with E-state index in [1.807, 2.05) is 24.3 Å². The molecule has 0 aromatic heterocycles. The maximum atomic E-state index is 11.1. The van der Waals surface area contributed by atoms with Gasteiger partial charge in [-0.3, -0.25) is 4.79 Å². The van der Waals surface area contributed by atoms with Crippen LogP contribution in [0.4, 0.5) is 0 Å². The van der Waals surface area contributed by atoms with Gasteiger partial charge in [-0.25, -0.2) is 0 Å². The molecule has 1 fully saturated rings. The summed E-state index contributed by atoms with van der Waals surface area (Å²) in [5.74, 6) is -0.0530. The van der Waals surface area contributed by atoms with E-state index in [-0.39, 0.29) is 18.0 Å². The van der Waals surface area contributed by atoms with Crippen LogP contribution in [0.5, 0.6) is 0 Å². The largest absolute Gasteiger partial charge is 0.458 e. The predicted molar refractivity (Wildman–Crippen MR) is 40.9 cm³/mol. The Morgan fingerprint density at radius 3 is 3.09 bits per heavy atom. The second kappa shape index (κ2) is 2.53. The highest BCUT2D eigenvalue weighted by molar-refractivity contribution is 5.77. The van der Waals surface area contributed by atoms with Gasteiger partial charge < -0.3 is 4.74 Å². The van der Waals surface area contributed by atoms with Gasteiger partial charge in [-0.2, -0.15) is 0 Å². The Hall–Kier alpha value is -1.05. The SMILES string of the molecule is O=C1OC2/C=C\C/C=C\C1C2. The zero-order chi connectivity index (χ0) is 7.68. The molecule has 2 aliphatic rings. The minimum atomic E-state index is -0.0715. The van der Waals surface area contributed by atoms with Crippen molar-refractivity contribution in [1.82, 2.24) is 0 Å². The van der Waals surface area contributed by atoms with Crippen molar-refractivity contribution in [2.45, 2.75) is 18.9 Å². The number of hydrogen-bond acceptors (Lipinski definition) is 2. The summed E-state index contributed by atoms with van der Waals surface area (Å²) in [6, 6.07) is 0. The van der Waals surface area contributed by atoms with Crippen LogP contribution in [0.25, 0.3) is 0 Å². The summed E-state index contributed by atoms with van der Waals surface area (Å²) < 4.78 is 5.07. The van der Waals surface area contributed by atoms with Crippen LogP contribution >= 0.6 is 0 Å². The van der Waals surface area contributed by atoms with E-state index in [0.29, 0.717) is 0 Å². The van der Waals surface area contributed by atoms with E-state index in [1.54, 1.807) is 0 Å². The highest BCUT2D eigenvalue weighted by Gasteiger charge is 2.31. The Morgan fingerprint density at radius 2 is 2.18 bits per heavy atom. The third kappa shape index (κ3) is 1.20. The van der Waals surface area contributed by atoms with E-state index in [0.717, 1.165) is 12.8 Å². The van der Waals surface area contributed by atoms with Crippen LogP contribution in [0.3, 0.4) is 0 Å². The zero-order valence-corrected chi connectivity index (χ0v) is 6.19. The van der Waals surface area contributed by atoms with Crippen LogP contribution in [0.15, 0.2) is 24.3 Å². The first-order chi connectivity index (χ1) is 5.36. The molecule has 2 atom stereocenters. The molecule has 0 amide bonds. The maximum absolute atomic E-state index is 11.1. The number of allylic oxidation sites excluding steroid dienone is 2. The van der Waals surface area contributed by atoms with Crippen molar-refractivity contribution < 1.29 is 9.53 Å². The first kappa shape index (κ1) is 6.65. The summed E-state index contributed by atoms with van der Waals surface area (Å²) in [5.41, 5.74) is 0. The second-order valence-corrected chi connectivity index (χ2v) is 2.91. The van der Waals surface area contributed by atoms with Crippen molar-refractivity contribution in [3.63, 3.8) is 0 Å². The summed E-state index contributed by atoms with van der Waals surface area (Å²) in [4.78, 5) is 11.1. The van der Waals surface area contributed by atoms with Crippen molar-refractivity contribution in [1.29, 1.82) is 0 Å². The Bertz CT molecular complexity index is 228. The smallest absolute Gasteiger partial charge is 0.313 e. The molecule has 2 rings (SSSR count). The fourth-order valence-electron chi connectivity index (χ4n) is 1.46. The van der Waals surface area contributed by atoms with Crippen LogP contribution in [0.2, 0.25) is 0 Å². The zero-order valence-electron chi connectivity index (χ0n) is 6.19. The molecule has 2 unspecified atom stereocenters. The third-order valence-corrected chi connectivity index (χ3v) is 2.05. The summed E-state index contributed by atoms with van der Waals surface area (Å²) in [6.45, 7) is 0. The van der Waals surface area contributed by atoms with Gasteiger partial charge >= 0.3 is 5.97 Å². The fourth-order valence-corrected chi connectivity index (χ4v) is 1.46. The van der Waals surface area contributed by atoms with Gasteiger partial charge in [-0.05, 0) is 12.5 Å². The summed E-state index contributed by atoms with van der Waals surface area (Å²) in [6.07, 6.45) is 9.76. The molecular formula is C9H10O2. The molecule has 2 heteroatoms. The van der Waals surface area contributed by atoms with Crippen LogP contribution in [-0.4, -0.2) is 12.1 Å². The Kier molecular flexibility index (Phi) is 1.53. The standard InChI is InChI=1S/C9H10O2/c10-9-7-4-2-1-3-5-8(6-7)11-9/h2-5,7-8H,1,6H2/b4-2-,5-3-. The van der Waals surface area contributed by atoms with Crippen molar-refractivity contribution in [2.24, 2.45) is 5.92 Å². The van der Waals surface area contributed by atoms with Crippen molar-refractivity contribution in [3.8, 4) is 0 Å². The van der Waals surface area contributed by atoms with E-state index < -0.39 is 0 Å². The molecule has 1 heterocycles. The van der Waals surface area contributed by atoms with E-state index in [9.17, 15) is 4.79 Å². The molecule has 0 radical (unpaired) electrons. The number of rotatable bonds is 0. The topological polar surface area (TPSA) is 26.3 Å². The lowest BCUT2D eigenvalue weighted by atomic mass is 10.0. The minimum Gasteiger partial charge on any atom is -0.458 e. The Morgan fingerprint density at radius 1 is 1.36 bits per heavy atom. The number of fused-ring (bicyclic) bond motifs is 2. The third-order valence-electron chi connectivity index (χ3n) is 2.05. The van der Waals surface area contributed by atoms with Gasteiger partial charge in [0, 0.05) is 6.42 Å². The molecule has 58 valence electrons. The van der Waals surface area contributed by atoms with Crippen molar-refractivity contribution in [3.05, 3.63) is 24.3 Å². The quantitative estimate of drug-likeness (QED) is 0.385. The normalized spacial score (nSPS) is 40.5. The summed E-state index contributed by atoms with van der Waals surface area (Å²) in [7, 11) is 0. The first-order valence-electron chi connectivity index (χ1n) is 3.90. The monoisotopic (exact) mass is 150 g/mol. The van der Waals surface area contributed by atoms with Crippen LogP contribution < -0.4 is 0 Å². The highest BCUT2D eigenvalue weighted by Crippen LogP contribution is 2.24. The van der Waals surface area contributed by atoms with E-state index in [2.05, 4.69) is 0 Å². The summed E-state index contributed by atoms with van der Waals surface area (Å²) >= 11 is 0. The maximum Gasteiger partial charge on any atom is 0.313 e. The van der Waals surface area contributed by atoms with Crippen LogP contribution in [0, 0.1) is 5.92 Å². The lowest BCUT2D eigenvalue weighted by molar-refractivity contribution is -0.141. The van der Waals surface area contributed by atoms with Gasteiger partial charge in [0.2, 0.25) is 0 Å². The predicted octanol–water partition coefficient (Wildman–Crippen LogP) is 1.43. The number of esters is 1.